The van der Waals surface area contributed by atoms with Gasteiger partial charge in [-0.3, -0.25) is 9.59 Å². The number of alkyl halides is 3. The van der Waals surface area contributed by atoms with Gasteiger partial charge in [0.25, 0.3) is 11.8 Å². The van der Waals surface area contributed by atoms with Crippen LogP contribution >= 0.6 is 11.3 Å². The maximum Gasteiger partial charge on any atom is 0.391 e. The minimum absolute atomic E-state index is 0.101. The van der Waals surface area contributed by atoms with Crippen LogP contribution in [0.3, 0.4) is 0 Å². The average molecular weight is 396 g/mol. The number of carbonyl (C=O) groups is 2. The number of benzene rings is 1. The summed E-state index contributed by atoms with van der Waals surface area (Å²) >= 11 is 1.28. The SMILES string of the molecule is O=C(Nc1ccccc1C(=O)N[C@H]1CCC[C@@H](C(F)(F)F)C1)c1cccs1. The van der Waals surface area contributed by atoms with Crippen LogP contribution in [0.2, 0.25) is 0 Å². The maximum absolute atomic E-state index is 13.0. The number of para-hydroxylation sites is 1. The van der Waals surface area contributed by atoms with Crippen LogP contribution < -0.4 is 10.6 Å². The summed E-state index contributed by atoms with van der Waals surface area (Å²) in [6.45, 7) is 0. The van der Waals surface area contributed by atoms with Crippen molar-refractivity contribution in [3.63, 3.8) is 0 Å². The van der Waals surface area contributed by atoms with Gasteiger partial charge in [0.05, 0.1) is 22.0 Å². The molecule has 1 fully saturated rings. The number of anilines is 1. The quantitative estimate of drug-likeness (QED) is 0.776. The zero-order valence-corrected chi connectivity index (χ0v) is 15.2. The van der Waals surface area contributed by atoms with Crippen molar-refractivity contribution in [2.45, 2.75) is 37.9 Å². The van der Waals surface area contributed by atoms with Gasteiger partial charge in [0.2, 0.25) is 0 Å². The molecule has 0 spiro atoms. The van der Waals surface area contributed by atoms with E-state index in [4.69, 9.17) is 0 Å². The predicted octanol–water partition coefficient (Wildman–Crippen LogP) is 4.85. The molecular weight excluding hydrogens is 377 g/mol. The Morgan fingerprint density at radius 2 is 1.81 bits per heavy atom. The van der Waals surface area contributed by atoms with E-state index in [1.165, 1.54) is 11.3 Å². The van der Waals surface area contributed by atoms with Gasteiger partial charge in [-0.1, -0.05) is 24.6 Å². The molecule has 1 aliphatic rings. The number of thiophene rings is 1. The Bertz CT molecular complexity index is 806. The third-order valence-corrected chi connectivity index (χ3v) is 5.51. The molecule has 1 heterocycles. The van der Waals surface area contributed by atoms with Gasteiger partial charge in [-0.15, -0.1) is 11.3 Å². The molecule has 4 nitrogen and oxygen atoms in total. The van der Waals surface area contributed by atoms with E-state index in [-0.39, 0.29) is 24.3 Å². The van der Waals surface area contributed by atoms with Crippen molar-refractivity contribution in [3.8, 4) is 0 Å². The molecule has 1 aliphatic carbocycles. The highest BCUT2D eigenvalue weighted by Crippen LogP contribution is 2.37. The van der Waals surface area contributed by atoms with E-state index in [1.54, 1.807) is 41.8 Å². The highest BCUT2D eigenvalue weighted by Gasteiger charge is 2.42. The number of carbonyl (C=O) groups excluding carboxylic acids is 2. The van der Waals surface area contributed by atoms with E-state index >= 15 is 0 Å². The molecule has 0 radical (unpaired) electrons. The summed E-state index contributed by atoms with van der Waals surface area (Å²) in [7, 11) is 0. The summed E-state index contributed by atoms with van der Waals surface area (Å²) in [6.07, 6.45) is -3.31. The van der Waals surface area contributed by atoms with Crippen molar-refractivity contribution in [2.24, 2.45) is 5.92 Å². The van der Waals surface area contributed by atoms with Crippen molar-refractivity contribution in [3.05, 3.63) is 52.2 Å². The molecule has 2 aromatic rings. The van der Waals surface area contributed by atoms with Gasteiger partial charge in [0.1, 0.15) is 0 Å². The van der Waals surface area contributed by atoms with Gasteiger partial charge in [-0.2, -0.15) is 13.2 Å². The number of halogens is 3. The normalized spacial score (nSPS) is 20.1. The van der Waals surface area contributed by atoms with Gasteiger partial charge in [0, 0.05) is 6.04 Å². The lowest BCUT2D eigenvalue weighted by atomic mass is 9.85. The van der Waals surface area contributed by atoms with Crippen molar-refractivity contribution in [1.82, 2.24) is 5.32 Å². The number of hydrogen-bond donors (Lipinski definition) is 2. The molecule has 0 unspecified atom stereocenters. The lowest BCUT2D eigenvalue weighted by molar-refractivity contribution is -0.183. The summed E-state index contributed by atoms with van der Waals surface area (Å²) in [5.74, 6) is -2.20. The maximum atomic E-state index is 13.0. The van der Waals surface area contributed by atoms with E-state index in [0.29, 0.717) is 23.4 Å². The van der Waals surface area contributed by atoms with Crippen LogP contribution in [0.4, 0.5) is 18.9 Å². The summed E-state index contributed by atoms with van der Waals surface area (Å²) in [6, 6.07) is 9.36. The minimum atomic E-state index is -4.24. The summed E-state index contributed by atoms with van der Waals surface area (Å²) in [5, 5.41) is 7.16. The Morgan fingerprint density at radius 1 is 1.04 bits per heavy atom. The van der Waals surface area contributed by atoms with E-state index in [0.717, 1.165) is 0 Å². The van der Waals surface area contributed by atoms with Gasteiger partial charge in [-0.25, -0.2) is 0 Å². The van der Waals surface area contributed by atoms with Gasteiger partial charge in [0.15, 0.2) is 0 Å². The van der Waals surface area contributed by atoms with Crippen LogP contribution in [-0.4, -0.2) is 24.0 Å². The molecule has 2 N–H and O–H groups in total. The van der Waals surface area contributed by atoms with Crippen molar-refractivity contribution < 1.29 is 22.8 Å². The molecule has 27 heavy (non-hydrogen) atoms. The molecule has 0 saturated heterocycles. The average Bonchev–Trinajstić information content (AvgIpc) is 3.16. The predicted molar refractivity (Wildman–Crippen MR) is 98.0 cm³/mol. The fourth-order valence-electron chi connectivity index (χ4n) is 3.26. The first-order valence-electron chi connectivity index (χ1n) is 8.66. The Labute approximate surface area is 158 Å². The van der Waals surface area contributed by atoms with E-state index in [9.17, 15) is 22.8 Å². The largest absolute Gasteiger partial charge is 0.391 e. The number of rotatable bonds is 4. The van der Waals surface area contributed by atoms with Crippen LogP contribution in [0.15, 0.2) is 41.8 Å². The zero-order valence-electron chi connectivity index (χ0n) is 14.4. The standard InChI is InChI=1S/C19H19F3N2O2S/c20-19(21,22)12-5-3-6-13(11-12)23-17(25)14-7-1-2-8-15(14)24-18(26)16-9-4-10-27-16/h1-2,4,7-10,12-13H,3,5-6,11H2,(H,23,25)(H,24,26)/t12-,13+/m1/s1. The second-order valence-electron chi connectivity index (χ2n) is 6.55. The smallest absolute Gasteiger partial charge is 0.349 e. The summed E-state index contributed by atoms with van der Waals surface area (Å²) in [5.41, 5.74) is 0.563. The van der Waals surface area contributed by atoms with Crippen LogP contribution in [-0.2, 0) is 0 Å². The second kappa shape index (κ2) is 8.12. The van der Waals surface area contributed by atoms with Crippen molar-refractivity contribution in [2.75, 3.05) is 5.32 Å². The zero-order chi connectivity index (χ0) is 19.4. The van der Waals surface area contributed by atoms with Crippen LogP contribution in [0.25, 0.3) is 0 Å². The summed E-state index contributed by atoms with van der Waals surface area (Å²) < 4.78 is 38.9. The molecule has 3 rings (SSSR count). The lowest BCUT2D eigenvalue weighted by Crippen LogP contribution is -2.41. The molecule has 1 saturated carbocycles. The Morgan fingerprint density at radius 3 is 2.52 bits per heavy atom. The highest BCUT2D eigenvalue weighted by molar-refractivity contribution is 7.12. The molecule has 2 atom stereocenters. The molecule has 1 aromatic heterocycles. The molecule has 1 aromatic carbocycles. The lowest BCUT2D eigenvalue weighted by Gasteiger charge is -2.31. The third-order valence-electron chi connectivity index (χ3n) is 4.64. The van der Waals surface area contributed by atoms with Crippen LogP contribution in [0, 0.1) is 5.92 Å². The van der Waals surface area contributed by atoms with E-state index in [1.807, 2.05) is 0 Å². The van der Waals surface area contributed by atoms with Gasteiger partial charge >= 0.3 is 6.18 Å². The van der Waals surface area contributed by atoms with Gasteiger partial charge in [-0.05, 0) is 42.8 Å². The first kappa shape index (κ1) is 19.4. The molecule has 0 bridgehead atoms. The van der Waals surface area contributed by atoms with E-state index in [2.05, 4.69) is 10.6 Å². The molecule has 8 heteroatoms. The highest BCUT2D eigenvalue weighted by atomic mass is 32.1. The van der Waals surface area contributed by atoms with Crippen LogP contribution in [0.5, 0.6) is 0 Å². The van der Waals surface area contributed by atoms with Crippen molar-refractivity contribution in [1.29, 1.82) is 0 Å². The fourth-order valence-corrected chi connectivity index (χ4v) is 3.88. The van der Waals surface area contributed by atoms with Crippen molar-refractivity contribution >= 4 is 28.8 Å². The molecule has 144 valence electrons. The molecule has 0 aliphatic heterocycles. The van der Waals surface area contributed by atoms with E-state index < -0.39 is 24.0 Å². The molecular formula is C19H19F3N2O2S. The minimum Gasteiger partial charge on any atom is -0.349 e. The first-order valence-corrected chi connectivity index (χ1v) is 9.54. The number of amides is 2. The second-order valence-corrected chi connectivity index (χ2v) is 7.50. The van der Waals surface area contributed by atoms with Gasteiger partial charge < -0.3 is 10.6 Å². The molecule has 2 amide bonds. The monoisotopic (exact) mass is 396 g/mol. The Balaban J connectivity index is 1.69. The topological polar surface area (TPSA) is 58.2 Å². The Kier molecular flexibility index (Phi) is 5.84. The van der Waals surface area contributed by atoms with Crippen LogP contribution in [0.1, 0.15) is 45.7 Å². The third kappa shape index (κ3) is 4.88. The Hall–Kier alpha value is -2.35. The summed E-state index contributed by atoms with van der Waals surface area (Å²) in [4.78, 5) is 25.4. The number of nitrogens with one attached hydrogen (secondary N) is 2. The fraction of sp³-hybridized carbons (Fsp3) is 0.368. The number of hydrogen-bond acceptors (Lipinski definition) is 3. The first-order chi connectivity index (χ1) is 12.8.